The molecule has 0 spiro atoms. The van der Waals surface area contributed by atoms with Crippen molar-refractivity contribution in [2.24, 2.45) is 0 Å². The Balaban J connectivity index is 1.85. The molecule has 0 saturated carbocycles. The molecule has 0 unspecified atom stereocenters. The molecule has 0 bridgehead atoms. The zero-order valence-corrected chi connectivity index (χ0v) is 15.5. The summed E-state index contributed by atoms with van der Waals surface area (Å²) in [6.45, 7) is 4.26. The van der Waals surface area contributed by atoms with E-state index in [0.717, 1.165) is 15.6 Å². The average Bonchev–Trinajstić information content (AvgIpc) is 2.53. The van der Waals surface area contributed by atoms with Gasteiger partial charge in [-0.2, -0.15) is 0 Å². The summed E-state index contributed by atoms with van der Waals surface area (Å²) < 4.78 is 0.996. The van der Waals surface area contributed by atoms with Crippen molar-refractivity contribution in [1.82, 2.24) is 10.6 Å². The predicted octanol–water partition coefficient (Wildman–Crippen LogP) is 4.63. The third-order valence-electron chi connectivity index (χ3n) is 3.69. The fraction of sp³-hybridized carbons (Fsp3) is 0.278. The molecule has 23 heavy (non-hydrogen) atoms. The maximum atomic E-state index is 12.1. The summed E-state index contributed by atoms with van der Waals surface area (Å²) in [5, 5.41) is 6.93. The quantitative estimate of drug-likeness (QED) is 0.748. The molecule has 0 fully saturated rings. The van der Waals surface area contributed by atoms with Crippen molar-refractivity contribution in [2.75, 3.05) is 6.54 Å². The third kappa shape index (κ3) is 5.34. The molecule has 0 saturated heterocycles. The highest BCUT2D eigenvalue weighted by molar-refractivity contribution is 9.10. The van der Waals surface area contributed by atoms with Crippen molar-refractivity contribution in [2.45, 2.75) is 25.9 Å². The number of benzene rings is 2. The smallest absolute Gasteiger partial charge is 0.234 e. The number of rotatable bonds is 6. The molecular weight excluding hydrogens is 376 g/mol. The van der Waals surface area contributed by atoms with E-state index in [1.165, 1.54) is 0 Å². The lowest BCUT2D eigenvalue weighted by molar-refractivity contribution is -0.121. The summed E-state index contributed by atoms with van der Waals surface area (Å²) >= 11 is 9.39. The Bertz CT molecular complexity index is 660. The molecular formula is C18H20BrClN2O. The monoisotopic (exact) mass is 394 g/mol. The summed E-state index contributed by atoms with van der Waals surface area (Å²) in [6.07, 6.45) is 0. The largest absolute Gasteiger partial charge is 0.348 e. The van der Waals surface area contributed by atoms with E-state index in [-0.39, 0.29) is 24.5 Å². The van der Waals surface area contributed by atoms with Gasteiger partial charge in [0.25, 0.3) is 0 Å². The van der Waals surface area contributed by atoms with Crippen molar-refractivity contribution in [1.29, 1.82) is 0 Å². The van der Waals surface area contributed by atoms with Gasteiger partial charge in [0, 0.05) is 15.5 Å². The zero-order valence-electron chi connectivity index (χ0n) is 13.1. The lowest BCUT2D eigenvalue weighted by Gasteiger charge is -2.18. The lowest BCUT2D eigenvalue weighted by Crippen LogP contribution is -2.36. The number of carbonyl (C=O) groups excluding carboxylic acids is 1. The molecule has 0 aliphatic rings. The Kier molecular flexibility index (Phi) is 6.63. The van der Waals surface area contributed by atoms with Crippen molar-refractivity contribution in [3.63, 3.8) is 0 Å². The summed E-state index contributed by atoms with van der Waals surface area (Å²) in [7, 11) is 0. The molecule has 2 aromatic rings. The van der Waals surface area contributed by atoms with Crippen LogP contribution in [0.1, 0.15) is 37.1 Å². The van der Waals surface area contributed by atoms with E-state index >= 15 is 0 Å². The highest BCUT2D eigenvalue weighted by atomic mass is 79.9. The van der Waals surface area contributed by atoms with Gasteiger partial charge in [-0.15, -0.1) is 0 Å². The van der Waals surface area contributed by atoms with E-state index < -0.39 is 0 Å². The van der Waals surface area contributed by atoms with Gasteiger partial charge in [-0.3, -0.25) is 4.79 Å². The van der Waals surface area contributed by atoms with Crippen molar-refractivity contribution in [3.05, 3.63) is 69.2 Å². The van der Waals surface area contributed by atoms with Crippen LogP contribution in [0.25, 0.3) is 0 Å². The number of amides is 1. The minimum Gasteiger partial charge on any atom is -0.348 e. The standard InChI is InChI=1S/C18H20BrClN2O/c1-12(14-7-9-15(20)10-8-14)21-11-18(23)22-13(2)16-5-3-4-6-17(16)19/h3-10,12-13,21H,11H2,1-2H3,(H,22,23)/t12-,13-/m1/s1. The zero-order chi connectivity index (χ0) is 16.8. The fourth-order valence-corrected chi connectivity index (χ4v) is 3.07. The van der Waals surface area contributed by atoms with E-state index in [2.05, 4.69) is 26.6 Å². The Morgan fingerprint density at radius 3 is 2.39 bits per heavy atom. The molecule has 2 N–H and O–H groups in total. The minimum absolute atomic E-state index is 0.0333. The first kappa shape index (κ1) is 18.0. The summed E-state index contributed by atoms with van der Waals surface area (Å²) in [6, 6.07) is 15.5. The summed E-state index contributed by atoms with van der Waals surface area (Å²) in [4.78, 5) is 12.1. The van der Waals surface area contributed by atoms with Crippen molar-refractivity contribution in [3.8, 4) is 0 Å². The second-order valence-corrected chi connectivity index (χ2v) is 6.76. The summed E-state index contributed by atoms with van der Waals surface area (Å²) in [5.74, 6) is -0.0333. The molecule has 0 aromatic heterocycles. The van der Waals surface area contributed by atoms with Crippen LogP contribution in [0.15, 0.2) is 53.0 Å². The number of carbonyl (C=O) groups is 1. The van der Waals surface area contributed by atoms with E-state index in [0.29, 0.717) is 5.02 Å². The normalized spacial score (nSPS) is 13.4. The Morgan fingerprint density at radius 2 is 1.74 bits per heavy atom. The van der Waals surface area contributed by atoms with Gasteiger partial charge in [0.1, 0.15) is 0 Å². The first-order chi connectivity index (χ1) is 11.0. The maximum Gasteiger partial charge on any atom is 0.234 e. The summed E-state index contributed by atoms with van der Waals surface area (Å²) in [5.41, 5.74) is 2.16. The first-order valence-corrected chi connectivity index (χ1v) is 8.67. The van der Waals surface area contributed by atoms with Gasteiger partial charge < -0.3 is 10.6 Å². The Morgan fingerprint density at radius 1 is 1.09 bits per heavy atom. The lowest BCUT2D eigenvalue weighted by atomic mass is 10.1. The topological polar surface area (TPSA) is 41.1 Å². The molecule has 0 radical (unpaired) electrons. The van der Waals surface area contributed by atoms with E-state index in [9.17, 15) is 4.79 Å². The van der Waals surface area contributed by atoms with Crippen LogP contribution in [0.2, 0.25) is 5.02 Å². The second kappa shape index (κ2) is 8.48. The molecule has 122 valence electrons. The molecule has 2 atom stereocenters. The molecule has 0 heterocycles. The predicted molar refractivity (Wildman–Crippen MR) is 98.6 cm³/mol. The van der Waals surface area contributed by atoms with Crippen molar-refractivity contribution >= 4 is 33.4 Å². The third-order valence-corrected chi connectivity index (χ3v) is 4.66. The van der Waals surface area contributed by atoms with Crippen LogP contribution in [-0.2, 0) is 4.79 Å². The molecule has 0 aliphatic heterocycles. The van der Waals surface area contributed by atoms with E-state index in [1.54, 1.807) is 0 Å². The van der Waals surface area contributed by atoms with Gasteiger partial charge in [-0.1, -0.05) is 57.9 Å². The minimum atomic E-state index is -0.0503. The van der Waals surface area contributed by atoms with E-state index in [4.69, 9.17) is 11.6 Å². The highest BCUT2D eigenvalue weighted by Gasteiger charge is 2.13. The van der Waals surface area contributed by atoms with Gasteiger partial charge in [0.2, 0.25) is 5.91 Å². The number of nitrogens with one attached hydrogen (secondary N) is 2. The SMILES string of the molecule is C[C@@H](NCC(=O)N[C@H](C)c1ccccc1Br)c1ccc(Cl)cc1. The van der Waals surface area contributed by atoms with Crippen LogP contribution in [0, 0.1) is 0 Å². The fourth-order valence-electron chi connectivity index (χ4n) is 2.31. The molecule has 1 amide bonds. The molecule has 0 aliphatic carbocycles. The molecule has 3 nitrogen and oxygen atoms in total. The van der Waals surface area contributed by atoms with Crippen LogP contribution in [0.3, 0.4) is 0 Å². The average molecular weight is 396 g/mol. The van der Waals surface area contributed by atoms with Gasteiger partial charge >= 0.3 is 0 Å². The Labute approximate surface area is 150 Å². The maximum absolute atomic E-state index is 12.1. The van der Waals surface area contributed by atoms with Crippen LogP contribution in [0.5, 0.6) is 0 Å². The van der Waals surface area contributed by atoms with Crippen LogP contribution in [0.4, 0.5) is 0 Å². The first-order valence-electron chi connectivity index (χ1n) is 7.50. The molecule has 2 rings (SSSR count). The number of halogens is 2. The number of hydrogen-bond donors (Lipinski definition) is 2. The van der Waals surface area contributed by atoms with Crippen LogP contribution >= 0.6 is 27.5 Å². The van der Waals surface area contributed by atoms with E-state index in [1.807, 2.05) is 62.4 Å². The highest BCUT2D eigenvalue weighted by Crippen LogP contribution is 2.22. The van der Waals surface area contributed by atoms with Crippen LogP contribution in [-0.4, -0.2) is 12.5 Å². The second-order valence-electron chi connectivity index (χ2n) is 5.46. The van der Waals surface area contributed by atoms with Gasteiger partial charge in [0.05, 0.1) is 12.6 Å². The van der Waals surface area contributed by atoms with Gasteiger partial charge in [-0.25, -0.2) is 0 Å². The van der Waals surface area contributed by atoms with Crippen molar-refractivity contribution < 1.29 is 4.79 Å². The Hall–Kier alpha value is -1.36. The number of hydrogen-bond acceptors (Lipinski definition) is 2. The molecule has 5 heteroatoms. The molecule has 2 aromatic carbocycles. The van der Waals surface area contributed by atoms with Gasteiger partial charge in [0.15, 0.2) is 0 Å². The van der Waals surface area contributed by atoms with Gasteiger partial charge in [-0.05, 0) is 43.2 Å². The van der Waals surface area contributed by atoms with Crippen LogP contribution < -0.4 is 10.6 Å².